The molecule has 1 atom stereocenters. The first-order valence-corrected chi connectivity index (χ1v) is 7.38. The van der Waals surface area contributed by atoms with Gasteiger partial charge in [-0.15, -0.1) is 0 Å². The lowest BCUT2D eigenvalue weighted by atomic mass is 10.2. The van der Waals surface area contributed by atoms with E-state index in [0.717, 1.165) is 5.56 Å². The van der Waals surface area contributed by atoms with E-state index >= 15 is 0 Å². The van der Waals surface area contributed by atoms with Crippen molar-refractivity contribution in [3.63, 3.8) is 0 Å². The molecule has 17 heavy (non-hydrogen) atoms. The number of hydrogen-bond donors (Lipinski definition) is 1. The van der Waals surface area contributed by atoms with E-state index in [4.69, 9.17) is 0 Å². The fraction of sp³-hybridized carbons (Fsp3) is 0.545. The molecule has 1 N–H and O–H groups in total. The van der Waals surface area contributed by atoms with Gasteiger partial charge in [0.1, 0.15) is 15.7 Å². The van der Waals surface area contributed by atoms with E-state index < -0.39 is 15.9 Å². The number of anilines is 1. The molecule has 1 rings (SSSR count). The van der Waals surface area contributed by atoms with Gasteiger partial charge in [0.2, 0.25) is 0 Å². The average Bonchev–Trinajstić information content (AvgIpc) is 2.25. The average molecular weight is 258 g/mol. The van der Waals surface area contributed by atoms with Gasteiger partial charge < -0.3 is 10.0 Å². The second kappa shape index (κ2) is 5.46. The van der Waals surface area contributed by atoms with Crippen molar-refractivity contribution >= 4 is 15.7 Å². The molecule has 0 radical (unpaired) electrons. The van der Waals surface area contributed by atoms with Crippen LogP contribution in [-0.2, 0) is 9.84 Å². The highest BCUT2D eigenvalue weighted by Gasteiger charge is 2.08. The monoisotopic (exact) mass is 258 g/mol. The molecule has 1 unspecified atom stereocenters. The van der Waals surface area contributed by atoms with Crippen molar-refractivity contribution in [1.29, 1.82) is 0 Å². The van der Waals surface area contributed by atoms with Gasteiger partial charge in [0.25, 0.3) is 0 Å². The summed E-state index contributed by atoms with van der Waals surface area (Å²) in [5.74, 6) is 0.793. The zero-order chi connectivity index (χ0) is 13.1. The Balaban J connectivity index is 2.67. The highest BCUT2D eigenvalue weighted by atomic mass is 32.2. The zero-order valence-electron chi connectivity index (χ0n) is 10.3. The first kappa shape index (κ1) is 13.9. The van der Waals surface area contributed by atoms with Crippen LogP contribution < -0.4 is 4.90 Å². The van der Waals surface area contributed by atoms with Crippen molar-refractivity contribution in [3.05, 3.63) is 23.9 Å². The van der Waals surface area contributed by atoms with E-state index in [1.54, 1.807) is 37.2 Å². The van der Waals surface area contributed by atoms with Crippen LogP contribution in [0.1, 0.15) is 18.6 Å². The number of aliphatic hydroxyl groups is 1. The fourth-order valence-electron chi connectivity index (χ4n) is 1.29. The zero-order valence-corrected chi connectivity index (χ0v) is 11.1. The second-order valence-corrected chi connectivity index (χ2v) is 6.44. The molecule has 5 nitrogen and oxygen atoms in total. The molecule has 0 saturated carbocycles. The number of sulfone groups is 1. The van der Waals surface area contributed by atoms with Crippen LogP contribution in [0.4, 0.5) is 5.82 Å². The lowest BCUT2D eigenvalue weighted by molar-refractivity contribution is 0.199. The molecule has 0 saturated heterocycles. The normalized spacial score (nSPS) is 13.4. The Morgan fingerprint density at radius 2 is 2.12 bits per heavy atom. The molecule has 0 aromatic carbocycles. The Hall–Kier alpha value is -1.14. The Labute approximate surface area is 102 Å². The van der Waals surface area contributed by atoms with Crippen LogP contribution in [0.2, 0.25) is 0 Å². The molecule has 0 amide bonds. The summed E-state index contributed by atoms with van der Waals surface area (Å²) >= 11 is 0. The van der Waals surface area contributed by atoms with E-state index in [1.165, 1.54) is 6.26 Å². The van der Waals surface area contributed by atoms with Crippen LogP contribution in [0.25, 0.3) is 0 Å². The molecule has 1 heterocycles. The van der Waals surface area contributed by atoms with Crippen molar-refractivity contribution in [2.24, 2.45) is 0 Å². The molecule has 6 heteroatoms. The van der Waals surface area contributed by atoms with Crippen molar-refractivity contribution < 1.29 is 13.5 Å². The molecule has 0 aliphatic carbocycles. The number of aliphatic hydroxyl groups excluding tert-OH is 1. The standard InChI is InChI=1S/C11H18N2O3S/c1-9(14)10-4-5-11(12-8-10)13(2)6-7-17(3,15)16/h4-5,8-9,14H,6-7H2,1-3H3. The third-order valence-corrected chi connectivity index (χ3v) is 3.37. The van der Waals surface area contributed by atoms with Crippen LogP contribution in [0.5, 0.6) is 0 Å². The quantitative estimate of drug-likeness (QED) is 0.838. The summed E-state index contributed by atoms with van der Waals surface area (Å²) in [6.07, 6.45) is 2.26. The SMILES string of the molecule is CC(O)c1ccc(N(C)CCS(C)(=O)=O)nc1. The molecule has 1 aromatic rings. The van der Waals surface area contributed by atoms with Crippen molar-refractivity contribution in [2.45, 2.75) is 13.0 Å². The molecule has 96 valence electrons. The molecule has 1 aromatic heterocycles. The van der Waals surface area contributed by atoms with Crippen LogP contribution in [0, 0.1) is 0 Å². The predicted octanol–water partition coefficient (Wildman–Crippen LogP) is 0.616. The first-order valence-electron chi connectivity index (χ1n) is 5.32. The molecule has 0 aliphatic heterocycles. The Morgan fingerprint density at radius 1 is 1.47 bits per heavy atom. The van der Waals surface area contributed by atoms with Gasteiger partial charge in [-0.05, 0) is 18.6 Å². The van der Waals surface area contributed by atoms with Gasteiger partial charge in [-0.1, -0.05) is 6.07 Å². The second-order valence-electron chi connectivity index (χ2n) is 4.18. The van der Waals surface area contributed by atoms with E-state index in [2.05, 4.69) is 4.98 Å². The third-order valence-electron chi connectivity index (χ3n) is 2.44. The van der Waals surface area contributed by atoms with Gasteiger partial charge in [-0.3, -0.25) is 0 Å². The largest absolute Gasteiger partial charge is 0.389 e. The fourth-order valence-corrected chi connectivity index (χ4v) is 1.89. The highest BCUT2D eigenvalue weighted by Crippen LogP contribution is 2.14. The summed E-state index contributed by atoms with van der Waals surface area (Å²) in [5.41, 5.74) is 0.741. The minimum Gasteiger partial charge on any atom is -0.389 e. The van der Waals surface area contributed by atoms with E-state index in [1.807, 2.05) is 0 Å². The Kier molecular flexibility index (Phi) is 4.47. The summed E-state index contributed by atoms with van der Waals surface area (Å²) in [6, 6.07) is 3.55. The molecular formula is C11H18N2O3S. The molecule has 0 fully saturated rings. The smallest absolute Gasteiger partial charge is 0.149 e. The van der Waals surface area contributed by atoms with Crippen molar-refractivity contribution in [1.82, 2.24) is 4.98 Å². The Morgan fingerprint density at radius 3 is 2.53 bits per heavy atom. The molecular weight excluding hydrogens is 240 g/mol. The maximum atomic E-state index is 11.0. The maximum absolute atomic E-state index is 11.0. The molecule has 0 aliphatic rings. The van der Waals surface area contributed by atoms with Crippen LogP contribution in [0.3, 0.4) is 0 Å². The summed E-state index contributed by atoms with van der Waals surface area (Å²) < 4.78 is 22.1. The third kappa shape index (κ3) is 4.70. The van der Waals surface area contributed by atoms with Gasteiger partial charge in [0.05, 0.1) is 11.9 Å². The van der Waals surface area contributed by atoms with Gasteiger partial charge in [0.15, 0.2) is 0 Å². The molecule has 0 bridgehead atoms. The van der Waals surface area contributed by atoms with E-state index in [-0.39, 0.29) is 5.75 Å². The number of pyridine rings is 1. The summed E-state index contributed by atoms with van der Waals surface area (Å²) in [5, 5.41) is 9.33. The summed E-state index contributed by atoms with van der Waals surface area (Å²) in [6.45, 7) is 2.07. The highest BCUT2D eigenvalue weighted by molar-refractivity contribution is 7.90. The van der Waals surface area contributed by atoms with Crippen LogP contribution >= 0.6 is 0 Å². The van der Waals surface area contributed by atoms with Crippen molar-refractivity contribution in [3.8, 4) is 0 Å². The van der Waals surface area contributed by atoms with Gasteiger partial charge >= 0.3 is 0 Å². The van der Waals surface area contributed by atoms with Crippen LogP contribution in [0.15, 0.2) is 18.3 Å². The number of hydrogen-bond acceptors (Lipinski definition) is 5. The molecule has 0 spiro atoms. The summed E-state index contributed by atoms with van der Waals surface area (Å²) in [4.78, 5) is 5.94. The van der Waals surface area contributed by atoms with Gasteiger partial charge in [-0.2, -0.15) is 0 Å². The lowest BCUT2D eigenvalue weighted by Crippen LogP contribution is -2.25. The lowest BCUT2D eigenvalue weighted by Gasteiger charge is -2.17. The number of nitrogens with zero attached hydrogens (tertiary/aromatic N) is 2. The van der Waals surface area contributed by atoms with Crippen LogP contribution in [-0.4, -0.2) is 44.1 Å². The van der Waals surface area contributed by atoms with Crippen molar-refractivity contribution in [2.75, 3.05) is 30.5 Å². The van der Waals surface area contributed by atoms with E-state index in [0.29, 0.717) is 12.4 Å². The Bertz CT molecular complexity index is 454. The summed E-state index contributed by atoms with van der Waals surface area (Å²) in [7, 11) is -1.17. The minimum atomic E-state index is -2.96. The predicted molar refractivity (Wildman–Crippen MR) is 67.9 cm³/mol. The van der Waals surface area contributed by atoms with Gasteiger partial charge in [0, 0.05) is 26.0 Å². The topological polar surface area (TPSA) is 70.5 Å². The minimum absolute atomic E-state index is 0.101. The van der Waals surface area contributed by atoms with E-state index in [9.17, 15) is 13.5 Å². The number of aromatic nitrogens is 1. The number of rotatable bonds is 5. The van der Waals surface area contributed by atoms with Gasteiger partial charge in [-0.25, -0.2) is 13.4 Å². The maximum Gasteiger partial charge on any atom is 0.149 e. The first-order chi connectivity index (χ1) is 7.79.